The molecule has 0 fully saturated rings. The van der Waals surface area contributed by atoms with Crippen molar-refractivity contribution >= 4 is 17.9 Å². The Balaban J connectivity index is 4.26. The van der Waals surface area contributed by atoms with Gasteiger partial charge < -0.3 is 14.2 Å². The third-order valence-electron chi connectivity index (χ3n) is 12.9. The van der Waals surface area contributed by atoms with Crippen molar-refractivity contribution in [3.05, 3.63) is 36.5 Å². The summed E-state index contributed by atoms with van der Waals surface area (Å²) >= 11 is 0. The van der Waals surface area contributed by atoms with Crippen LogP contribution in [0.25, 0.3) is 0 Å². The zero-order valence-corrected chi connectivity index (χ0v) is 44.2. The van der Waals surface area contributed by atoms with Crippen LogP contribution in [-0.2, 0) is 28.6 Å². The Kier molecular flexibility index (Phi) is 53.2. The van der Waals surface area contributed by atoms with Crippen LogP contribution in [0.15, 0.2) is 36.5 Å². The molecule has 0 bridgehead atoms. The third-order valence-corrected chi connectivity index (χ3v) is 12.9. The Labute approximate surface area is 410 Å². The molecule has 0 aliphatic heterocycles. The van der Waals surface area contributed by atoms with Gasteiger partial charge in [-0.25, -0.2) is 0 Å². The average molecular weight is 928 g/mol. The maximum atomic E-state index is 12.8. The highest BCUT2D eigenvalue weighted by atomic mass is 16.6. The van der Waals surface area contributed by atoms with Gasteiger partial charge in [0.25, 0.3) is 0 Å². The lowest BCUT2D eigenvalue weighted by Gasteiger charge is -2.18. The lowest BCUT2D eigenvalue weighted by molar-refractivity contribution is -0.167. The predicted octanol–water partition coefficient (Wildman–Crippen LogP) is 19.3. The van der Waals surface area contributed by atoms with Gasteiger partial charge in [0.15, 0.2) is 6.10 Å². The van der Waals surface area contributed by atoms with Gasteiger partial charge in [-0.05, 0) is 51.4 Å². The van der Waals surface area contributed by atoms with Gasteiger partial charge in [-0.2, -0.15) is 0 Å². The first-order valence-corrected chi connectivity index (χ1v) is 29.0. The van der Waals surface area contributed by atoms with Crippen molar-refractivity contribution in [1.29, 1.82) is 0 Å². The number of hydrogen-bond donors (Lipinski definition) is 0. The largest absolute Gasteiger partial charge is 0.462 e. The van der Waals surface area contributed by atoms with Crippen molar-refractivity contribution in [3.63, 3.8) is 0 Å². The second-order valence-corrected chi connectivity index (χ2v) is 19.5. The fraction of sp³-hybridized carbons (Fsp3) is 0.850. The highest BCUT2D eigenvalue weighted by Crippen LogP contribution is 2.17. The van der Waals surface area contributed by atoms with Gasteiger partial charge in [-0.3, -0.25) is 14.4 Å². The van der Waals surface area contributed by atoms with E-state index >= 15 is 0 Å². The van der Waals surface area contributed by atoms with Gasteiger partial charge in [0.2, 0.25) is 0 Å². The Morgan fingerprint density at radius 1 is 0.318 bits per heavy atom. The van der Waals surface area contributed by atoms with Crippen molar-refractivity contribution in [2.45, 2.75) is 316 Å². The SMILES string of the molecule is CC/C=C\C/C=C\C/C=C\CCCCCC(=O)OC(COC(=O)CCCCCCCCCCCCCCC)COC(=O)CCCCCCCCCCCCCCCCCCCCCCCC. The van der Waals surface area contributed by atoms with Crippen LogP contribution in [0.2, 0.25) is 0 Å². The fourth-order valence-electron chi connectivity index (χ4n) is 8.58. The van der Waals surface area contributed by atoms with Crippen LogP contribution >= 0.6 is 0 Å². The Morgan fingerprint density at radius 3 is 0.924 bits per heavy atom. The number of carbonyl (C=O) groups is 3. The lowest BCUT2D eigenvalue weighted by atomic mass is 10.0. The molecule has 1 unspecified atom stereocenters. The molecule has 386 valence electrons. The van der Waals surface area contributed by atoms with E-state index in [9.17, 15) is 14.4 Å². The van der Waals surface area contributed by atoms with Gasteiger partial charge in [0.05, 0.1) is 0 Å². The van der Waals surface area contributed by atoms with Crippen LogP contribution in [0.3, 0.4) is 0 Å². The molecular formula is C60H110O6. The molecule has 0 saturated carbocycles. The molecule has 0 aromatic carbocycles. The lowest BCUT2D eigenvalue weighted by Crippen LogP contribution is -2.30. The summed E-state index contributed by atoms with van der Waals surface area (Å²) in [6.07, 6.45) is 65.8. The monoisotopic (exact) mass is 927 g/mol. The number of ether oxygens (including phenoxy) is 3. The summed E-state index contributed by atoms with van der Waals surface area (Å²) in [6.45, 7) is 6.54. The van der Waals surface area contributed by atoms with Crippen molar-refractivity contribution in [2.75, 3.05) is 13.2 Å². The maximum Gasteiger partial charge on any atom is 0.306 e. The van der Waals surface area contributed by atoms with E-state index in [1.165, 1.54) is 186 Å². The molecule has 0 heterocycles. The smallest absolute Gasteiger partial charge is 0.306 e. The third kappa shape index (κ3) is 52.6. The number of rotatable bonds is 53. The first kappa shape index (κ1) is 63.6. The Hall–Kier alpha value is -2.37. The summed E-state index contributed by atoms with van der Waals surface area (Å²) in [6, 6.07) is 0. The molecule has 0 aromatic rings. The van der Waals surface area contributed by atoms with Crippen molar-refractivity contribution in [1.82, 2.24) is 0 Å². The number of hydrogen-bond acceptors (Lipinski definition) is 6. The molecule has 0 amide bonds. The van der Waals surface area contributed by atoms with E-state index in [1.54, 1.807) is 0 Å². The molecule has 0 N–H and O–H groups in total. The number of unbranched alkanes of at least 4 members (excludes halogenated alkanes) is 36. The molecule has 0 aromatic heterocycles. The first-order chi connectivity index (χ1) is 32.5. The van der Waals surface area contributed by atoms with Crippen LogP contribution in [0.4, 0.5) is 0 Å². The van der Waals surface area contributed by atoms with Gasteiger partial charge in [-0.1, -0.05) is 276 Å². The van der Waals surface area contributed by atoms with E-state index < -0.39 is 6.10 Å². The van der Waals surface area contributed by atoms with Crippen molar-refractivity contribution in [3.8, 4) is 0 Å². The number of allylic oxidation sites excluding steroid dienone is 6. The molecule has 6 heteroatoms. The van der Waals surface area contributed by atoms with Gasteiger partial charge in [-0.15, -0.1) is 0 Å². The topological polar surface area (TPSA) is 78.9 Å². The second kappa shape index (κ2) is 55.2. The van der Waals surface area contributed by atoms with E-state index in [0.29, 0.717) is 19.3 Å². The molecule has 6 nitrogen and oxygen atoms in total. The summed E-state index contributed by atoms with van der Waals surface area (Å²) in [5.41, 5.74) is 0. The minimum absolute atomic E-state index is 0.0793. The van der Waals surface area contributed by atoms with Crippen molar-refractivity contribution < 1.29 is 28.6 Å². The summed E-state index contributed by atoms with van der Waals surface area (Å²) in [7, 11) is 0. The molecule has 0 saturated heterocycles. The Morgan fingerprint density at radius 2 is 0.591 bits per heavy atom. The maximum absolute atomic E-state index is 12.8. The molecule has 66 heavy (non-hydrogen) atoms. The summed E-state index contributed by atoms with van der Waals surface area (Å²) in [5.74, 6) is -0.891. The average Bonchev–Trinajstić information content (AvgIpc) is 3.31. The minimum atomic E-state index is -0.782. The first-order valence-electron chi connectivity index (χ1n) is 29.0. The normalized spacial score (nSPS) is 12.2. The van der Waals surface area contributed by atoms with Crippen LogP contribution < -0.4 is 0 Å². The Bertz CT molecular complexity index is 1110. The summed E-state index contributed by atoms with van der Waals surface area (Å²) in [4.78, 5) is 38.1. The van der Waals surface area contributed by atoms with E-state index in [0.717, 1.165) is 83.5 Å². The van der Waals surface area contributed by atoms with Crippen LogP contribution in [0.5, 0.6) is 0 Å². The standard InChI is InChI=1S/C60H110O6/c1-4-7-10-13-16-19-22-25-26-27-28-29-30-31-32-33-36-38-41-44-47-50-53-59(62)65-56-57(66-60(63)54-51-48-45-42-39-35-24-21-18-15-12-9-6-3)55-64-58(61)52-49-46-43-40-37-34-23-20-17-14-11-8-5-2/h9,12,18,21,35,39,57H,4-8,10-11,13-17,19-20,22-34,36-38,40-56H2,1-3H3/b12-9-,21-18-,39-35-. The van der Waals surface area contributed by atoms with Crippen LogP contribution in [0.1, 0.15) is 310 Å². The summed E-state index contributed by atoms with van der Waals surface area (Å²) in [5, 5.41) is 0. The van der Waals surface area contributed by atoms with Crippen molar-refractivity contribution in [2.24, 2.45) is 0 Å². The molecule has 0 radical (unpaired) electrons. The van der Waals surface area contributed by atoms with Crippen LogP contribution in [-0.4, -0.2) is 37.2 Å². The zero-order valence-electron chi connectivity index (χ0n) is 44.2. The fourth-order valence-corrected chi connectivity index (χ4v) is 8.58. The number of esters is 3. The number of carbonyl (C=O) groups excluding carboxylic acids is 3. The second-order valence-electron chi connectivity index (χ2n) is 19.5. The molecule has 0 spiro atoms. The van der Waals surface area contributed by atoms with E-state index in [1.807, 2.05) is 0 Å². The zero-order chi connectivity index (χ0) is 47.9. The summed E-state index contributed by atoms with van der Waals surface area (Å²) < 4.78 is 16.8. The predicted molar refractivity (Wildman–Crippen MR) is 284 cm³/mol. The molecule has 0 aliphatic carbocycles. The van der Waals surface area contributed by atoms with E-state index in [2.05, 4.69) is 57.2 Å². The quantitative estimate of drug-likeness (QED) is 0.0262. The highest BCUT2D eigenvalue weighted by Gasteiger charge is 2.19. The molecule has 0 aliphatic rings. The highest BCUT2D eigenvalue weighted by molar-refractivity contribution is 5.71. The molecule has 0 rings (SSSR count). The van der Waals surface area contributed by atoms with E-state index in [-0.39, 0.29) is 31.1 Å². The van der Waals surface area contributed by atoms with Crippen LogP contribution in [0, 0.1) is 0 Å². The molecular weight excluding hydrogens is 817 g/mol. The van der Waals surface area contributed by atoms with Gasteiger partial charge in [0, 0.05) is 19.3 Å². The van der Waals surface area contributed by atoms with Gasteiger partial charge >= 0.3 is 17.9 Å². The minimum Gasteiger partial charge on any atom is -0.462 e. The van der Waals surface area contributed by atoms with E-state index in [4.69, 9.17) is 14.2 Å². The van der Waals surface area contributed by atoms with Gasteiger partial charge in [0.1, 0.15) is 13.2 Å². The molecule has 1 atom stereocenters.